The van der Waals surface area contributed by atoms with Crippen molar-refractivity contribution in [1.82, 2.24) is 4.90 Å². The second-order valence-electron chi connectivity index (χ2n) is 8.69. The molecule has 1 heterocycles. The number of unbranched alkanes of at least 4 members (excludes halogenated alkanes) is 1. The van der Waals surface area contributed by atoms with Crippen molar-refractivity contribution in [3.8, 4) is 11.1 Å². The zero-order valence-corrected chi connectivity index (χ0v) is 18.7. The third-order valence-corrected chi connectivity index (χ3v) is 6.56. The number of likely N-dealkylation sites (tertiary alicyclic amines) is 1. The van der Waals surface area contributed by atoms with Gasteiger partial charge in [0.2, 0.25) is 0 Å². The molecule has 1 aliphatic heterocycles. The molecule has 30 heavy (non-hydrogen) atoms. The second kappa shape index (κ2) is 10.5. The van der Waals surface area contributed by atoms with E-state index in [1.54, 1.807) is 13.2 Å². The molecular formula is C26H36FNO2. The van der Waals surface area contributed by atoms with Crippen LogP contribution in [0.25, 0.3) is 11.1 Å². The molecule has 2 atom stereocenters. The van der Waals surface area contributed by atoms with E-state index in [4.69, 9.17) is 4.74 Å². The smallest absolute Gasteiger partial charge is 0.131 e. The first kappa shape index (κ1) is 22.9. The van der Waals surface area contributed by atoms with Gasteiger partial charge in [-0.25, -0.2) is 4.39 Å². The molecule has 4 heteroatoms. The highest BCUT2D eigenvalue weighted by Crippen LogP contribution is 2.44. The summed E-state index contributed by atoms with van der Waals surface area (Å²) < 4.78 is 20.5. The van der Waals surface area contributed by atoms with Crippen LogP contribution in [0.4, 0.5) is 4.39 Å². The highest BCUT2D eigenvalue weighted by molar-refractivity contribution is 5.70. The minimum absolute atomic E-state index is 0.0775. The molecule has 164 valence electrons. The van der Waals surface area contributed by atoms with E-state index in [2.05, 4.69) is 31.0 Å². The lowest BCUT2D eigenvalue weighted by atomic mass is 9.72. The number of methoxy groups -OCH3 is 1. The van der Waals surface area contributed by atoms with Crippen LogP contribution in [0.3, 0.4) is 0 Å². The number of halogens is 1. The van der Waals surface area contributed by atoms with Gasteiger partial charge in [0.05, 0.1) is 5.60 Å². The van der Waals surface area contributed by atoms with Gasteiger partial charge in [-0.1, -0.05) is 43.3 Å². The van der Waals surface area contributed by atoms with Crippen molar-refractivity contribution in [3.63, 3.8) is 0 Å². The molecule has 1 N–H and O–H groups in total. The number of aryl methyl sites for hydroxylation is 1. The van der Waals surface area contributed by atoms with Gasteiger partial charge in [0.25, 0.3) is 0 Å². The van der Waals surface area contributed by atoms with Crippen molar-refractivity contribution in [1.29, 1.82) is 0 Å². The lowest BCUT2D eigenvalue weighted by molar-refractivity contribution is -0.0584. The maximum absolute atomic E-state index is 15.2. The normalized spacial score (nSPS) is 19.6. The number of benzene rings is 2. The van der Waals surface area contributed by atoms with E-state index in [-0.39, 0.29) is 11.7 Å². The highest BCUT2D eigenvalue weighted by Gasteiger charge is 2.41. The standard InChI is InChI=1S/C26H36FNO2/c1-4-20-10-7-11-21(18-20)25-23(13-8-14-24(25)27)26(29,15-5-6-17-30-3)22-12-9-16-28(2)19-22/h7-8,10-11,13-14,18,22,29H,4-6,9,12,15-17,19H2,1-3H3. The molecule has 3 nitrogen and oxygen atoms in total. The monoisotopic (exact) mass is 413 g/mol. The number of hydrogen-bond acceptors (Lipinski definition) is 3. The molecule has 3 rings (SSSR count). The number of rotatable bonds is 9. The summed E-state index contributed by atoms with van der Waals surface area (Å²) in [6.45, 7) is 4.65. The minimum atomic E-state index is -1.07. The lowest BCUT2D eigenvalue weighted by Crippen LogP contribution is -2.45. The molecule has 1 aliphatic rings. The summed E-state index contributed by atoms with van der Waals surface area (Å²) in [6, 6.07) is 13.2. The molecule has 0 radical (unpaired) electrons. The van der Waals surface area contributed by atoms with E-state index < -0.39 is 5.60 Å². The number of nitrogens with zero attached hydrogens (tertiary/aromatic N) is 1. The Morgan fingerprint density at radius 2 is 2.00 bits per heavy atom. The van der Waals surface area contributed by atoms with Crippen molar-refractivity contribution < 1.29 is 14.2 Å². The van der Waals surface area contributed by atoms with Gasteiger partial charge in [0.1, 0.15) is 5.82 Å². The largest absolute Gasteiger partial charge is 0.385 e. The zero-order chi connectivity index (χ0) is 21.6. The molecule has 1 fully saturated rings. The zero-order valence-electron chi connectivity index (χ0n) is 18.7. The summed E-state index contributed by atoms with van der Waals surface area (Å²) in [5, 5.41) is 12.2. The first-order valence-electron chi connectivity index (χ1n) is 11.3. The van der Waals surface area contributed by atoms with Crippen molar-refractivity contribution in [2.75, 3.05) is 33.9 Å². The molecular weight excluding hydrogens is 377 g/mol. The Morgan fingerprint density at radius 3 is 2.73 bits per heavy atom. The summed E-state index contributed by atoms with van der Waals surface area (Å²) in [5.74, 6) is -0.186. The maximum atomic E-state index is 15.2. The number of hydrogen-bond donors (Lipinski definition) is 1. The third kappa shape index (κ3) is 5.11. The topological polar surface area (TPSA) is 32.7 Å². The fourth-order valence-electron chi connectivity index (χ4n) is 4.88. The second-order valence-corrected chi connectivity index (χ2v) is 8.69. The molecule has 0 bridgehead atoms. The molecule has 0 saturated carbocycles. The summed E-state index contributed by atoms with van der Waals surface area (Å²) in [5.41, 5.74) is 2.23. The fourth-order valence-corrected chi connectivity index (χ4v) is 4.88. The van der Waals surface area contributed by atoms with E-state index >= 15 is 4.39 Å². The van der Waals surface area contributed by atoms with Gasteiger partial charge in [-0.2, -0.15) is 0 Å². The minimum Gasteiger partial charge on any atom is -0.385 e. The first-order chi connectivity index (χ1) is 14.5. The van der Waals surface area contributed by atoms with E-state index in [1.165, 1.54) is 11.6 Å². The summed E-state index contributed by atoms with van der Waals surface area (Å²) in [6.07, 6.45) is 5.24. The molecule has 0 amide bonds. The van der Waals surface area contributed by atoms with Gasteiger partial charge in [-0.3, -0.25) is 0 Å². The van der Waals surface area contributed by atoms with Gasteiger partial charge in [-0.05, 0) is 74.9 Å². The predicted molar refractivity (Wildman–Crippen MR) is 121 cm³/mol. The van der Waals surface area contributed by atoms with Gasteiger partial charge in [-0.15, -0.1) is 0 Å². The van der Waals surface area contributed by atoms with Crippen molar-refractivity contribution in [2.24, 2.45) is 5.92 Å². The van der Waals surface area contributed by atoms with Gasteiger partial charge in [0, 0.05) is 31.7 Å². The number of piperidine rings is 1. The Kier molecular flexibility index (Phi) is 8.04. The SMILES string of the molecule is CCc1cccc(-c2c(F)cccc2C(O)(CCCCOC)C2CCCN(C)C2)c1. The van der Waals surface area contributed by atoms with Crippen LogP contribution in [-0.2, 0) is 16.8 Å². The Bertz CT molecular complexity index is 824. The Morgan fingerprint density at radius 1 is 1.20 bits per heavy atom. The predicted octanol–water partition coefficient (Wildman–Crippen LogP) is 5.40. The quantitative estimate of drug-likeness (QED) is 0.559. The highest BCUT2D eigenvalue weighted by atomic mass is 19.1. The molecule has 2 aromatic rings. The molecule has 2 aromatic carbocycles. The molecule has 0 spiro atoms. The van der Waals surface area contributed by atoms with Gasteiger partial charge < -0.3 is 14.7 Å². The van der Waals surface area contributed by atoms with Gasteiger partial charge >= 0.3 is 0 Å². The Balaban J connectivity index is 2.07. The van der Waals surface area contributed by atoms with E-state index in [9.17, 15) is 5.11 Å². The van der Waals surface area contributed by atoms with Crippen molar-refractivity contribution in [2.45, 2.75) is 51.0 Å². The average Bonchev–Trinajstić information content (AvgIpc) is 2.76. The molecule has 0 aromatic heterocycles. The summed E-state index contributed by atoms with van der Waals surface area (Å²) >= 11 is 0. The fraction of sp³-hybridized carbons (Fsp3) is 0.538. The number of ether oxygens (including phenoxy) is 1. The van der Waals surface area contributed by atoms with E-state index in [0.717, 1.165) is 56.3 Å². The Hall–Kier alpha value is -1.75. The van der Waals surface area contributed by atoms with Crippen molar-refractivity contribution in [3.05, 3.63) is 59.4 Å². The van der Waals surface area contributed by atoms with E-state index in [1.807, 2.05) is 18.2 Å². The molecule has 2 unspecified atom stereocenters. The van der Waals surface area contributed by atoms with Crippen LogP contribution >= 0.6 is 0 Å². The summed E-state index contributed by atoms with van der Waals surface area (Å²) in [7, 11) is 3.81. The molecule has 0 aliphatic carbocycles. The lowest BCUT2D eigenvalue weighted by Gasteiger charge is -2.43. The van der Waals surface area contributed by atoms with Crippen LogP contribution < -0.4 is 0 Å². The number of aliphatic hydroxyl groups is 1. The van der Waals surface area contributed by atoms with Crippen LogP contribution in [0.2, 0.25) is 0 Å². The average molecular weight is 414 g/mol. The molecule has 1 saturated heterocycles. The third-order valence-electron chi connectivity index (χ3n) is 6.56. The summed E-state index contributed by atoms with van der Waals surface area (Å²) in [4.78, 5) is 2.28. The Labute approximate surface area is 180 Å². The first-order valence-corrected chi connectivity index (χ1v) is 11.3. The van der Waals surface area contributed by atoms with Crippen molar-refractivity contribution >= 4 is 0 Å². The van der Waals surface area contributed by atoms with Crippen LogP contribution in [0, 0.1) is 11.7 Å². The van der Waals surface area contributed by atoms with Crippen LogP contribution in [0.15, 0.2) is 42.5 Å². The maximum Gasteiger partial charge on any atom is 0.131 e. The van der Waals surface area contributed by atoms with Crippen LogP contribution in [0.1, 0.15) is 50.2 Å². The van der Waals surface area contributed by atoms with Crippen LogP contribution in [-0.4, -0.2) is 43.9 Å². The van der Waals surface area contributed by atoms with Crippen LogP contribution in [0.5, 0.6) is 0 Å². The van der Waals surface area contributed by atoms with Gasteiger partial charge in [0.15, 0.2) is 0 Å². The van der Waals surface area contributed by atoms with E-state index in [0.29, 0.717) is 18.6 Å².